The molecule has 0 saturated heterocycles. The van der Waals surface area contributed by atoms with Crippen LogP contribution in [-0.2, 0) is 11.2 Å². The van der Waals surface area contributed by atoms with Gasteiger partial charge in [-0.2, -0.15) is 0 Å². The van der Waals surface area contributed by atoms with Crippen molar-refractivity contribution in [2.75, 3.05) is 5.32 Å². The molecule has 0 radical (unpaired) electrons. The maximum absolute atomic E-state index is 12.6. The molecule has 0 aromatic carbocycles. The summed E-state index contributed by atoms with van der Waals surface area (Å²) >= 11 is 1.31. The highest BCUT2D eigenvalue weighted by atomic mass is 32.1. The molecule has 144 valence electrons. The lowest BCUT2D eigenvalue weighted by Crippen LogP contribution is -2.47. The number of amides is 2. The van der Waals surface area contributed by atoms with E-state index < -0.39 is 0 Å². The zero-order valence-electron chi connectivity index (χ0n) is 15.9. The summed E-state index contributed by atoms with van der Waals surface area (Å²) in [6.07, 6.45) is 5.18. The van der Waals surface area contributed by atoms with Crippen molar-refractivity contribution in [1.29, 1.82) is 0 Å². The number of hydrogen-bond acceptors (Lipinski definition) is 5. The molecule has 2 saturated carbocycles. The fourth-order valence-electron chi connectivity index (χ4n) is 4.84. The Labute approximate surface area is 162 Å². The molecule has 2 aliphatic carbocycles. The smallest absolute Gasteiger partial charge is 0.293 e. The summed E-state index contributed by atoms with van der Waals surface area (Å²) in [5.41, 5.74) is 1.10. The Hall–Kier alpha value is -2.15. The third-order valence-electron chi connectivity index (χ3n) is 6.99. The topological polar surface area (TPSA) is 84.2 Å². The van der Waals surface area contributed by atoms with Gasteiger partial charge in [0.2, 0.25) is 5.91 Å². The van der Waals surface area contributed by atoms with Crippen molar-refractivity contribution in [2.24, 2.45) is 16.7 Å². The van der Waals surface area contributed by atoms with Gasteiger partial charge in [-0.25, -0.2) is 4.98 Å². The van der Waals surface area contributed by atoms with Crippen LogP contribution < -0.4 is 10.6 Å². The normalized spacial score (nSPS) is 28.3. The highest BCUT2D eigenvalue weighted by molar-refractivity contribution is 7.14. The lowest BCUT2D eigenvalue weighted by molar-refractivity contribution is -0.122. The van der Waals surface area contributed by atoms with Crippen LogP contribution in [-0.4, -0.2) is 22.8 Å². The molecular formula is C20H25N3O3S. The molecule has 4 rings (SSSR count). The number of thiazole rings is 1. The van der Waals surface area contributed by atoms with Gasteiger partial charge in [-0.1, -0.05) is 20.8 Å². The Kier molecular flexibility index (Phi) is 4.37. The molecule has 3 atom stereocenters. The number of nitrogens with zero attached hydrogens (tertiary/aromatic N) is 1. The van der Waals surface area contributed by atoms with Crippen LogP contribution in [0.5, 0.6) is 0 Å². The minimum absolute atomic E-state index is 0.00112. The number of rotatable bonds is 5. The van der Waals surface area contributed by atoms with Crippen LogP contribution in [0.3, 0.4) is 0 Å². The molecule has 7 heteroatoms. The van der Waals surface area contributed by atoms with Gasteiger partial charge in [-0.3, -0.25) is 14.9 Å². The SMILES string of the molecule is CC1(C)C2CCC1(C)C(NC(=O)Cc1csc(NC(=O)c3ccco3)n1)C2. The van der Waals surface area contributed by atoms with Gasteiger partial charge in [-0.05, 0) is 48.1 Å². The number of nitrogens with one attached hydrogen (secondary N) is 2. The van der Waals surface area contributed by atoms with E-state index in [1.807, 2.05) is 5.38 Å². The van der Waals surface area contributed by atoms with Crippen LogP contribution in [0.1, 0.15) is 56.3 Å². The zero-order valence-corrected chi connectivity index (χ0v) is 16.7. The quantitative estimate of drug-likeness (QED) is 0.816. The predicted molar refractivity (Wildman–Crippen MR) is 104 cm³/mol. The fraction of sp³-hybridized carbons (Fsp3) is 0.550. The van der Waals surface area contributed by atoms with Crippen LogP contribution >= 0.6 is 11.3 Å². The Bertz CT molecular complexity index is 858. The summed E-state index contributed by atoms with van der Waals surface area (Å²) in [6, 6.07) is 3.48. The summed E-state index contributed by atoms with van der Waals surface area (Å²) in [5, 5.41) is 8.22. The van der Waals surface area contributed by atoms with Gasteiger partial charge >= 0.3 is 0 Å². The first-order valence-corrected chi connectivity index (χ1v) is 10.3. The fourth-order valence-corrected chi connectivity index (χ4v) is 5.55. The van der Waals surface area contributed by atoms with E-state index in [1.54, 1.807) is 12.1 Å². The molecule has 3 unspecified atom stereocenters. The second kappa shape index (κ2) is 6.48. The van der Waals surface area contributed by atoms with Gasteiger partial charge < -0.3 is 9.73 Å². The number of carbonyl (C=O) groups is 2. The molecule has 2 aromatic heterocycles. The van der Waals surface area contributed by atoms with E-state index in [2.05, 4.69) is 36.4 Å². The molecule has 2 aliphatic rings. The van der Waals surface area contributed by atoms with E-state index in [9.17, 15) is 9.59 Å². The average molecular weight is 388 g/mol. The Morgan fingerprint density at radius 2 is 2.19 bits per heavy atom. The van der Waals surface area contributed by atoms with Crippen molar-refractivity contribution >= 4 is 28.3 Å². The summed E-state index contributed by atoms with van der Waals surface area (Å²) in [4.78, 5) is 28.9. The largest absolute Gasteiger partial charge is 0.459 e. The van der Waals surface area contributed by atoms with Gasteiger partial charge in [0.1, 0.15) is 0 Å². The number of anilines is 1. The second-order valence-electron chi connectivity index (χ2n) is 8.48. The van der Waals surface area contributed by atoms with Crippen LogP contribution in [0.2, 0.25) is 0 Å². The van der Waals surface area contributed by atoms with E-state index >= 15 is 0 Å². The summed E-state index contributed by atoms with van der Waals surface area (Å²) < 4.78 is 5.06. The predicted octanol–water partition coefficient (Wildman–Crippen LogP) is 3.86. The number of hydrogen-bond donors (Lipinski definition) is 2. The van der Waals surface area contributed by atoms with Crippen LogP contribution in [0.25, 0.3) is 0 Å². The minimum atomic E-state index is -0.345. The first-order chi connectivity index (χ1) is 12.8. The van der Waals surface area contributed by atoms with Gasteiger partial charge in [0.15, 0.2) is 10.9 Å². The number of furan rings is 1. The van der Waals surface area contributed by atoms with E-state index in [4.69, 9.17) is 4.42 Å². The lowest BCUT2D eigenvalue weighted by atomic mass is 9.69. The summed E-state index contributed by atoms with van der Waals surface area (Å²) in [6.45, 7) is 6.99. The Morgan fingerprint density at radius 3 is 2.81 bits per heavy atom. The van der Waals surface area contributed by atoms with E-state index in [1.165, 1.54) is 30.4 Å². The summed E-state index contributed by atoms with van der Waals surface area (Å²) in [5.74, 6) is 0.577. The monoisotopic (exact) mass is 387 g/mol. The molecule has 2 bridgehead atoms. The number of carbonyl (C=O) groups excluding carboxylic acids is 2. The molecule has 0 aliphatic heterocycles. The molecular weight excluding hydrogens is 362 g/mol. The third kappa shape index (κ3) is 3.08. The molecule has 27 heavy (non-hydrogen) atoms. The molecule has 6 nitrogen and oxygen atoms in total. The van der Waals surface area contributed by atoms with E-state index in [0.29, 0.717) is 16.7 Å². The average Bonchev–Trinajstić information content (AvgIpc) is 3.34. The highest BCUT2D eigenvalue weighted by Gasteiger charge is 2.61. The van der Waals surface area contributed by atoms with Crippen molar-refractivity contribution in [3.8, 4) is 0 Å². The molecule has 2 amide bonds. The molecule has 0 spiro atoms. The Morgan fingerprint density at radius 1 is 1.37 bits per heavy atom. The number of fused-ring (bicyclic) bond motifs is 2. The molecule has 2 fully saturated rings. The van der Waals surface area contributed by atoms with Crippen LogP contribution in [0, 0.1) is 16.7 Å². The maximum Gasteiger partial charge on any atom is 0.293 e. The summed E-state index contributed by atoms with van der Waals surface area (Å²) in [7, 11) is 0. The first kappa shape index (κ1) is 18.2. The van der Waals surface area contributed by atoms with Crippen molar-refractivity contribution < 1.29 is 14.0 Å². The Balaban J connectivity index is 1.34. The lowest BCUT2D eigenvalue weighted by Gasteiger charge is -2.39. The third-order valence-corrected chi connectivity index (χ3v) is 7.79. The number of aromatic nitrogens is 1. The second-order valence-corrected chi connectivity index (χ2v) is 9.34. The van der Waals surface area contributed by atoms with Crippen molar-refractivity contribution in [1.82, 2.24) is 10.3 Å². The van der Waals surface area contributed by atoms with Gasteiger partial charge in [0.05, 0.1) is 18.4 Å². The zero-order chi connectivity index (χ0) is 19.2. The highest BCUT2D eigenvalue weighted by Crippen LogP contribution is 2.65. The molecule has 2 heterocycles. The van der Waals surface area contributed by atoms with Gasteiger partial charge in [-0.15, -0.1) is 11.3 Å². The van der Waals surface area contributed by atoms with E-state index in [0.717, 1.165) is 6.42 Å². The van der Waals surface area contributed by atoms with Crippen LogP contribution in [0.4, 0.5) is 5.13 Å². The van der Waals surface area contributed by atoms with Gasteiger partial charge in [0, 0.05) is 11.4 Å². The van der Waals surface area contributed by atoms with E-state index in [-0.39, 0.29) is 40.9 Å². The maximum atomic E-state index is 12.6. The van der Waals surface area contributed by atoms with Crippen molar-refractivity contribution in [3.05, 3.63) is 35.2 Å². The first-order valence-electron chi connectivity index (χ1n) is 9.38. The van der Waals surface area contributed by atoms with Crippen LogP contribution in [0.15, 0.2) is 28.2 Å². The van der Waals surface area contributed by atoms with Crippen molar-refractivity contribution in [3.63, 3.8) is 0 Å². The molecule has 2 N–H and O–H groups in total. The van der Waals surface area contributed by atoms with Gasteiger partial charge in [0.25, 0.3) is 5.91 Å². The minimum Gasteiger partial charge on any atom is -0.459 e. The van der Waals surface area contributed by atoms with Crippen molar-refractivity contribution in [2.45, 2.75) is 52.5 Å². The standard InChI is InChI=1S/C20H25N3O3S/c1-19(2)12-6-7-20(19,3)15(9-12)22-16(24)10-13-11-27-18(21-13)23-17(25)14-5-4-8-26-14/h4-5,8,11-12,15H,6-7,9-10H2,1-3H3,(H,22,24)(H,21,23,25). The molecule has 2 aromatic rings.